The van der Waals surface area contributed by atoms with Crippen LogP contribution >= 0.6 is 0 Å². The van der Waals surface area contributed by atoms with E-state index < -0.39 is 0 Å². The Morgan fingerprint density at radius 3 is 2.65 bits per heavy atom. The van der Waals surface area contributed by atoms with Crippen LogP contribution in [0.25, 0.3) is 22.4 Å². The summed E-state index contributed by atoms with van der Waals surface area (Å²) in [5.74, 6) is 0.566. The molecule has 1 aromatic carbocycles. The molecule has 0 aliphatic carbocycles. The van der Waals surface area contributed by atoms with Crippen LogP contribution < -0.4 is 5.43 Å². The molecular formula is C14H9NO2. The van der Waals surface area contributed by atoms with Crippen molar-refractivity contribution in [3.8, 4) is 11.3 Å². The monoisotopic (exact) mass is 223 g/mol. The molecule has 0 bridgehead atoms. The van der Waals surface area contributed by atoms with E-state index >= 15 is 0 Å². The Morgan fingerprint density at radius 2 is 1.82 bits per heavy atom. The molecule has 0 N–H and O–H groups in total. The molecule has 0 amide bonds. The molecule has 3 nitrogen and oxygen atoms in total. The van der Waals surface area contributed by atoms with E-state index in [0.717, 1.165) is 5.56 Å². The van der Waals surface area contributed by atoms with Crippen LogP contribution in [0.3, 0.4) is 0 Å². The molecule has 82 valence electrons. The van der Waals surface area contributed by atoms with Crippen molar-refractivity contribution in [2.75, 3.05) is 0 Å². The molecule has 0 aliphatic rings. The van der Waals surface area contributed by atoms with E-state index in [4.69, 9.17) is 4.42 Å². The van der Waals surface area contributed by atoms with Gasteiger partial charge in [-0.05, 0) is 12.1 Å². The van der Waals surface area contributed by atoms with Crippen molar-refractivity contribution in [2.24, 2.45) is 0 Å². The average Bonchev–Trinajstić information content (AvgIpc) is 2.40. The SMILES string of the molecule is O=c1cc(-c2ccccc2)oc2cccnc12. The van der Waals surface area contributed by atoms with Crippen molar-refractivity contribution in [2.45, 2.75) is 0 Å². The van der Waals surface area contributed by atoms with E-state index in [-0.39, 0.29) is 5.43 Å². The molecule has 0 spiro atoms. The van der Waals surface area contributed by atoms with Gasteiger partial charge in [0.1, 0.15) is 5.76 Å². The van der Waals surface area contributed by atoms with Crippen molar-refractivity contribution in [3.63, 3.8) is 0 Å². The predicted molar refractivity (Wildman–Crippen MR) is 65.7 cm³/mol. The highest BCUT2D eigenvalue weighted by molar-refractivity contribution is 5.74. The number of hydrogen-bond acceptors (Lipinski definition) is 3. The van der Waals surface area contributed by atoms with Gasteiger partial charge in [-0.25, -0.2) is 4.98 Å². The smallest absolute Gasteiger partial charge is 0.211 e. The van der Waals surface area contributed by atoms with Gasteiger partial charge in [0, 0.05) is 17.8 Å². The first-order valence-corrected chi connectivity index (χ1v) is 5.29. The molecule has 0 aliphatic heterocycles. The maximum absolute atomic E-state index is 11.9. The Labute approximate surface area is 97.4 Å². The lowest BCUT2D eigenvalue weighted by Gasteiger charge is -2.01. The summed E-state index contributed by atoms with van der Waals surface area (Å²) in [6.07, 6.45) is 1.58. The highest BCUT2D eigenvalue weighted by Crippen LogP contribution is 2.20. The van der Waals surface area contributed by atoms with E-state index in [1.54, 1.807) is 18.3 Å². The topological polar surface area (TPSA) is 43.1 Å². The minimum absolute atomic E-state index is 0.120. The lowest BCUT2D eigenvalue weighted by Crippen LogP contribution is -2.01. The molecule has 3 rings (SSSR count). The third-order valence-corrected chi connectivity index (χ3v) is 2.54. The molecule has 0 unspecified atom stereocenters. The van der Waals surface area contributed by atoms with Gasteiger partial charge in [-0.15, -0.1) is 0 Å². The van der Waals surface area contributed by atoms with Gasteiger partial charge >= 0.3 is 0 Å². The van der Waals surface area contributed by atoms with Crippen molar-refractivity contribution in [1.82, 2.24) is 4.98 Å². The average molecular weight is 223 g/mol. The Bertz CT molecular complexity index is 717. The van der Waals surface area contributed by atoms with Gasteiger partial charge in [0.2, 0.25) is 5.43 Å². The molecule has 0 atom stereocenters. The molecule has 3 aromatic rings. The second-order valence-corrected chi connectivity index (χ2v) is 3.69. The van der Waals surface area contributed by atoms with Gasteiger partial charge in [0.05, 0.1) is 0 Å². The Morgan fingerprint density at radius 1 is 1.00 bits per heavy atom. The molecule has 0 saturated heterocycles. The van der Waals surface area contributed by atoms with Crippen molar-refractivity contribution >= 4 is 11.1 Å². The predicted octanol–water partition coefficient (Wildman–Crippen LogP) is 2.86. The van der Waals surface area contributed by atoms with Crippen molar-refractivity contribution in [3.05, 3.63) is 65.0 Å². The Kier molecular flexibility index (Phi) is 2.22. The van der Waals surface area contributed by atoms with E-state index in [2.05, 4.69) is 4.98 Å². The van der Waals surface area contributed by atoms with Crippen molar-refractivity contribution in [1.29, 1.82) is 0 Å². The third kappa shape index (κ3) is 1.72. The summed E-state index contributed by atoms with van der Waals surface area (Å²) in [5, 5.41) is 0. The Hall–Kier alpha value is -2.42. The van der Waals surface area contributed by atoms with Crippen LogP contribution in [0.5, 0.6) is 0 Å². The summed E-state index contributed by atoms with van der Waals surface area (Å²) >= 11 is 0. The number of benzene rings is 1. The van der Waals surface area contributed by atoms with E-state index in [0.29, 0.717) is 16.9 Å². The zero-order valence-corrected chi connectivity index (χ0v) is 8.96. The summed E-state index contributed by atoms with van der Waals surface area (Å²) in [5.41, 5.74) is 1.65. The van der Waals surface area contributed by atoms with E-state index in [1.165, 1.54) is 6.07 Å². The van der Waals surface area contributed by atoms with Crippen LogP contribution in [0.2, 0.25) is 0 Å². The van der Waals surface area contributed by atoms with Gasteiger partial charge in [0.15, 0.2) is 11.1 Å². The standard InChI is InChI=1S/C14H9NO2/c16-11-9-13(10-5-2-1-3-6-10)17-12-7-4-8-15-14(11)12/h1-9H. The molecule has 0 radical (unpaired) electrons. The summed E-state index contributed by atoms with van der Waals surface area (Å²) in [4.78, 5) is 15.9. The molecule has 0 fully saturated rings. The number of rotatable bonds is 1. The van der Waals surface area contributed by atoms with E-state index in [9.17, 15) is 4.79 Å². The lowest BCUT2D eigenvalue weighted by atomic mass is 10.1. The molecule has 17 heavy (non-hydrogen) atoms. The minimum atomic E-state index is -0.120. The summed E-state index contributed by atoms with van der Waals surface area (Å²) in [6, 6.07) is 14.5. The number of aromatic nitrogens is 1. The molecular weight excluding hydrogens is 214 g/mol. The fraction of sp³-hybridized carbons (Fsp3) is 0. The molecule has 2 heterocycles. The fourth-order valence-electron chi connectivity index (χ4n) is 1.74. The van der Waals surface area contributed by atoms with Crippen LogP contribution in [0.1, 0.15) is 0 Å². The highest BCUT2D eigenvalue weighted by atomic mass is 16.3. The Balaban J connectivity index is 2.30. The normalized spacial score (nSPS) is 10.6. The lowest BCUT2D eigenvalue weighted by molar-refractivity contribution is 0.617. The third-order valence-electron chi connectivity index (χ3n) is 2.54. The summed E-state index contributed by atoms with van der Waals surface area (Å²) in [7, 11) is 0. The first-order chi connectivity index (χ1) is 8.34. The fourth-order valence-corrected chi connectivity index (χ4v) is 1.74. The number of pyridine rings is 1. The zero-order valence-electron chi connectivity index (χ0n) is 8.96. The maximum Gasteiger partial charge on any atom is 0.211 e. The van der Waals surface area contributed by atoms with E-state index in [1.807, 2.05) is 30.3 Å². The van der Waals surface area contributed by atoms with Gasteiger partial charge in [-0.3, -0.25) is 4.79 Å². The van der Waals surface area contributed by atoms with Gasteiger partial charge in [-0.2, -0.15) is 0 Å². The van der Waals surface area contributed by atoms with Gasteiger partial charge in [0.25, 0.3) is 0 Å². The van der Waals surface area contributed by atoms with Crippen LogP contribution in [0, 0.1) is 0 Å². The number of hydrogen-bond donors (Lipinski definition) is 0. The maximum atomic E-state index is 11.9. The summed E-state index contributed by atoms with van der Waals surface area (Å²) < 4.78 is 5.67. The van der Waals surface area contributed by atoms with Crippen molar-refractivity contribution < 1.29 is 4.42 Å². The zero-order chi connectivity index (χ0) is 11.7. The largest absolute Gasteiger partial charge is 0.454 e. The van der Waals surface area contributed by atoms with Gasteiger partial charge in [-0.1, -0.05) is 30.3 Å². The second-order valence-electron chi connectivity index (χ2n) is 3.69. The molecule has 2 aromatic heterocycles. The second kappa shape index (κ2) is 3.87. The van der Waals surface area contributed by atoms with Crippen LogP contribution in [0.15, 0.2) is 63.9 Å². The number of fused-ring (bicyclic) bond motifs is 1. The van der Waals surface area contributed by atoms with Crippen LogP contribution in [-0.2, 0) is 0 Å². The first kappa shape index (κ1) is 9.78. The van der Waals surface area contributed by atoms with Crippen LogP contribution in [0.4, 0.5) is 0 Å². The number of nitrogens with zero attached hydrogens (tertiary/aromatic N) is 1. The van der Waals surface area contributed by atoms with Crippen LogP contribution in [-0.4, -0.2) is 4.98 Å². The molecule has 0 saturated carbocycles. The minimum Gasteiger partial charge on any atom is -0.454 e. The quantitative estimate of drug-likeness (QED) is 0.637. The molecule has 3 heteroatoms. The highest BCUT2D eigenvalue weighted by Gasteiger charge is 2.06. The first-order valence-electron chi connectivity index (χ1n) is 5.29. The summed E-state index contributed by atoms with van der Waals surface area (Å²) in [6.45, 7) is 0. The van der Waals surface area contributed by atoms with Gasteiger partial charge < -0.3 is 4.42 Å².